The third kappa shape index (κ3) is 3.95. The quantitative estimate of drug-likeness (QED) is 0.714. The average molecular weight is 260 g/mol. The summed E-state index contributed by atoms with van der Waals surface area (Å²) in [5, 5.41) is -0.237. The maximum absolute atomic E-state index is 11.7. The maximum Gasteiger partial charge on any atom is 0.274 e. The highest BCUT2D eigenvalue weighted by Crippen LogP contribution is 2.11. The van der Waals surface area contributed by atoms with E-state index in [1.165, 1.54) is 12.1 Å². The van der Waals surface area contributed by atoms with Crippen LogP contribution < -0.4 is 4.72 Å². The Labute approximate surface area is 101 Å². The van der Waals surface area contributed by atoms with Crippen LogP contribution in [0.2, 0.25) is 0 Å². The predicted octanol–water partition coefficient (Wildman–Crippen LogP) is 0.322. The van der Waals surface area contributed by atoms with Gasteiger partial charge >= 0.3 is 0 Å². The van der Waals surface area contributed by atoms with Crippen molar-refractivity contribution < 1.29 is 17.6 Å². The van der Waals surface area contributed by atoms with Gasteiger partial charge in [0.15, 0.2) is 12.0 Å². The second-order valence-electron chi connectivity index (χ2n) is 3.57. The number of carbonyl (C=O) groups is 1. The SMILES string of the molecule is CCN(C)CCNS(=O)(=O)c1ccc(C=O)o1. The Morgan fingerprint density at radius 2 is 2.18 bits per heavy atom. The number of nitrogens with zero attached hydrogens (tertiary/aromatic N) is 1. The van der Waals surface area contributed by atoms with E-state index in [1.54, 1.807) is 0 Å². The first-order valence-corrected chi connectivity index (χ1v) is 6.71. The molecule has 0 bridgehead atoms. The zero-order valence-electron chi connectivity index (χ0n) is 9.84. The largest absolute Gasteiger partial charge is 0.440 e. The van der Waals surface area contributed by atoms with Gasteiger partial charge in [-0.15, -0.1) is 0 Å². The van der Waals surface area contributed by atoms with Gasteiger partial charge in [-0.05, 0) is 25.7 Å². The number of hydrogen-bond donors (Lipinski definition) is 1. The molecule has 1 aromatic heterocycles. The van der Waals surface area contributed by atoms with E-state index in [-0.39, 0.29) is 10.9 Å². The molecular formula is C10H16N2O4S. The first-order chi connectivity index (χ1) is 7.99. The van der Waals surface area contributed by atoms with Gasteiger partial charge < -0.3 is 9.32 Å². The first kappa shape index (κ1) is 13.9. The topological polar surface area (TPSA) is 79.6 Å². The fraction of sp³-hybridized carbons (Fsp3) is 0.500. The predicted molar refractivity (Wildman–Crippen MR) is 62.5 cm³/mol. The standard InChI is InChI=1S/C10H16N2O4S/c1-3-12(2)7-6-11-17(14,15)10-5-4-9(8-13)16-10/h4-5,8,11H,3,6-7H2,1-2H3. The van der Waals surface area contributed by atoms with Gasteiger partial charge in [0.05, 0.1) is 0 Å². The van der Waals surface area contributed by atoms with Gasteiger partial charge in [0, 0.05) is 13.1 Å². The minimum absolute atomic E-state index is 0.00366. The van der Waals surface area contributed by atoms with E-state index >= 15 is 0 Å². The molecule has 1 rings (SSSR count). The number of hydrogen-bond acceptors (Lipinski definition) is 5. The molecule has 0 fully saturated rings. The fourth-order valence-electron chi connectivity index (χ4n) is 1.14. The monoisotopic (exact) mass is 260 g/mol. The molecular weight excluding hydrogens is 244 g/mol. The summed E-state index contributed by atoms with van der Waals surface area (Å²) in [5.41, 5.74) is 0. The highest BCUT2D eigenvalue weighted by molar-refractivity contribution is 7.89. The van der Waals surface area contributed by atoms with Crippen LogP contribution in [0.15, 0.2) is 21.6 Å². The molecule has 6 nitrogen and oxygen atoms in total. The minimum atomic E-state index is -3.66. The molecule has 96 valence electrons. The van der Waals surface area contributed by atoms with Gasteiger partial charge in [-0.3, -0.25) is 4.79 Å². The van der Waals surface area contributed by atoms with Crippen LogP contribution in [0.3, 0.4) is 0 Å². The first-order valence-electron chi connectivity index (χ1n) is 5.23. The van der Waals surface area contributed by atoms with Crippen molar-refractivity contribution in [1.82, 2.24) is 9.62 Å². The number of carbonyl (C=O) groups excluding carboxylic acids is 1. The van der Waals surface area contributed by atoms with E-state index in [0.717, 1.165) is 6.54 Å². The van der Waals surface area contributed by atoms with Gasteiger partial charge in [-0.2, -0.15) is 0 Å². The second-order valence-corrected chi connectivity index (χ2v) is 5.27. The zero-order chi connectivity index (χ0) is 12.9. The zero-order valence-corrected chi connectivity index (χ0v) is 10.7. The van der Waals surface area contributed by atoms with Gasteiger partial charge in [-0.1, -0.05) is 6.92 Å². The van der Waals surface area contributed by atoms with Crippen molar-refractivity contribution in [2.75, 3.05) is 26.7 Å². The molecule has 7 heteroatoms. The van der Waals surface area contributed by atoms with Crippen molar-refractivity contribution in [1.29, 1.82) is 0 Å². The molecule has 0 aliphatic rings. The molecule has 0 aliphatic carbocycles. The van der Waals surface area contributed by atoms with Crippen LogP contribution in [-0.4, -0.2) is 46.3 Å². The van der Waals surface area contributed by atoms with E-state index in [1.807, 2.05) is 18.9 Å². The van der Waals surface area contributed by atoms with Crippen LogP contribution in [0, 0.1) is 0 Å². The van der Waals surface area contributed by atoms with Crippen LogP contribution in [0.4, 0.5) is 0 Å². The van der Waals surface area contributed by atoms with Crippen molar-refractivity contribution >= 4 is 16.3 Å². The van der Waals surface area contributed by atoms with Crippen LogP contribution in [0.1, 0.15) is 17.5 Å². The fourth-order valence-corrected chi connectivity index (χ4v) is 2.10. The summed E-state index contributed by atoms with van der Waals surface area (Å²) in [5.74, 6) is -0.00366. The highest BCUT2D eigenvalue weighted by atomic mass is 32.2. The molecule has 17 heavy (non-hydrogen) atoms. The summed E-state index contributed by atoms with van der Waals surface area (Å²) in [7, 11) is -1.76. The summed E-state index contributed by atoms with van der Waals surface area (Å²) in [6, 6.07) is 2.58. The Bertz CT molecular complexity index is 466. The molecule has 0 unspecified atom stereocenters. The van der Waals surface area contributed by atoms with Gasteiger partial charge in [0.25, 0.3) is 10.0 Å². The molecule has 0 aromatic carbocycles. The minimum Gasteiger partial charge on any atom is -0.440 e. The van der Waals surface area contributed by atoms with Crippen LogP contribution in [0.5, 0.6) is 0 Å². The summed E-state index contributed by atoms with van der Waals surface area (Å²) in [6.45, 7) is 3.73. The average Bonchev–Trinajstić information content (AvgIpc) is 2.77. The van der Waals surface area contributed by atoms with E-state index in [9.17, 15) is 13.2 Å². The summed E-state index contributed by atoms with van der Waals surface area (Å²) < 4.78 is 30.6. The van der Waals surface area contributed by atoms with Gasteiger partial charge in [-0.25, -0.2) is 13.1 Å². The lowest BCUT2D eigenvalue weighted by Crippen LogP contribution is -2.32. The van der Waals surface area contributed by atoms with E-state index in [0.29, 0.717) is 19.4 Å². The normalized spacial score (nSPS) is 11.9. The lowest BCUT2D eigenvalue weighted by Gasteiger charge is -2.13. The number of nitrogens with one attached hydrogen (secondary N) is 1. The third-order valence-electron chi connectivity index (χ3n) is 2.31. The van der Waals surface area contributed by atoms with Crippen molar-refractivity contribution in [3.05, 3.63) is 17.9 Å². The molecule has 1 heterocycles. The Hall–Kier alpha value is -1.18. The number of rotatable bonds is 7. The smallest absolute Gasteiger partial charge is 0.274 e. The molecule has 1 N–H and O–H groups in total. The summed E-state index contributed by atoms with van der Waals surface area (Å²) in [4.78, 5) is 12.3. The van der Waals surface area contributed by atoms with E-state index < -0.39 is 10.0 Å². The molecule has 1 aromatic rings. The number of sulfonamides is 1. The molecule has 0 amide bonds. The summed E-state index contributed by atoms with van der Waals surface area (Å²) >= 11 is 0. The Morgan fingerprint density at radius 3 is 2.71 bits per heavy atom. The third-order valence-corrected chi connectivity index (χ3v) is 3.64. The molecule has 0 atom stereocenters. The van der Waals surface area contributed by atoms with E-state index in [2.05, 4.69) is 4.72 Å². The highest BCUT2D eigenvalue weighted by Gasteiger charge is 2.18. The van der Waals surface area contributed by atoms with Gasteiger partial charge in [0.1, 0.15) is 0 Å². The molecule has 0 saturated heterocycles. The Balaban J connectivity index is 2.59. The molecule has 0 saturated carbocycles. The van der Waals surface area contributed by atoms with Crippen molar-refractivity contribution in [2.24, 2.45) is 0 Å². The van der Waals surface area contributed by atoms with Crippen molar-refractivity contribution in [3.8, 4) is 0 Å². The second kappa shape index (κ2) is 5.95. The summed E-state index contributed by atoms with van der Waals surface area (Å²) in [6.07, 6.45) is 0.462. The molecule has 0 radical (unpaired) electrons. The van der Waals surface area contributed by atoms with Crippen molar-refractivity contribution in [3.63, 3.8) is 0 Å². The van der Waals surface area contributed by atoms with E-state index in [4.69, 9.17) is 4.42 Å². The molecule has 0 spiro atoms. The number of aldehydes is 1. The van der Waals surface area contributed by atoms with Gasteiger partial charge in [0.2, 0.25) is 5.09 Å². The van der Waals surface area contributed by atoms with Crippen LogP contribution in [-0.2, 0) is 10.0 Å². The van der Waals surface area contributed by atoms with Crippen LogP contribution in [0.25, 0.3) is 0 Å². The number of likely N-dealkylation sites (N-methyl/N-ethyl adjacent to an activating group) is 1. The number of furan rings is 1. The Morgan fingerprint density at radius 1 is 1.47 bits per heavy atom. The van der Waals surface area contributed by atoms with Crippen LogP contribution >= 0.6 is 0 Å². The van der Waals surface area contributed by atoms with Crippen molar-refractivity contribution in [2.45, 2.75) is 12.0 Å². The molecule has 0 aliphatic heterocycles. The lowest BCUT2D eigenvalue weighted by atomic mass is 10.5. The Kier molecular flexibility index (Phi) is 4.86. The lowest BCUT2D eigenvalue weighted by molar-refractivity contribution is 0.109. The maximum atomic E-state index is 11.7.